The lowest BCUT2D eigenvalue weighted by atomic mass is 10.0. The van der Waals surface area contributed by atoms with E-state index in [9.17, 15) is 4.79 Å². The summed E-state index contributed by atoms with van der Waals surface area (Å²) >= 11 is 0. The maximum absolute atomic E-state index is 12.2. The van der Waals surface area contributed by atoms with Gasteiger partial charge in [-0.05, 0) is 26.7 Å². The first kappa shape index (κ1) is 14.5. The Labute approximate surface area is 105 Å². The maximum atomic E-state index is 12.2. The molecule has 1 fully saturated rings. The van der Waals surface area contributed by atoms with Crippen molar-refractivity contribution in [3.8, 4) is 0 Å². The number of hydrogen-bond acceptors (Lipinski definition) is 3. The molecule has 1 saturated heterocycles. The molecule has 0 radical (unpaired) electrons. The second-order valence-electron chi connectivity index (χ2n) is 5.74. The highest BCUT2D eigenvalue weighted by Crippen LogP contribution is 2.14. The molecule has 0 spiro atoms. The quantitative estimate of drug-likeness (QED) is 0.799. The molecule has 0 saturated carbocycles. The van der Waals surface area contributed by atoms with Crippen molar-refractivity contribution in [1.29, 1.82) is 0 Å². The normalized spacial score (nSPS) is 24.5. The van der Waals surface area contributed by atoms with E-state index in [1.165, 1.54) is 0 Å². The van der Waals surface area contributed by atoms with Crippen LogP contribution in [0.5, 0.6) is 0 Å². The Bertz CT molecular complexity index is 265. The number of rotatable bonds is 3. The van der Waals surface area contributed by atoms with Crippen molar-refractivity contribution in [1.82, 2.24) is 9.80 Å². The van der Waals surface area contributed by atoms with Crippen LogP contribution in [-0.4, -0.2) is 53.5 Å². The summed E-state index contributed by atoms with van der Waals surface area (Å²) < 4.78 is 0. The number of hydrogen-bond donors (Lipinski definition) is 1. The average Bonchev–Trinajstić information content (AvgIpc) is 2.26. The van der Waals surface area contributed by atoms with E-state index in [2.05, 4.69) is 25.7 Å². The first-order valence-corrected chi connectivity index (χ1v) is 6.64. The van der Waals surface area contributed by atoms with Crippen LogP contribution in [0, 0.1) is 5.92 Å². The summed E-state index contributed by atoms with van der Waals surface area (Å²) in [6, 6.07) is 0.458. The zero-order chi connectivity index (χ0) is 13.2. The van der Waals surface area contributed by atoms with E-state index < -0.39 is 0 Å². The highest BCUT2D eigenvalue weighted by Gasteiger charge is 2.31. The van der Waals surface area contributed by atoms with Gasteiger partial charge < -0.3 is 10.6 Å². The molecule has 1 amide bonds. The largest absolute Gasteiger partial charge is 0.336 e. The van der Waals surface area contributed by atoms with Crippen molar-refractivity contribution in [2.45, 2.75) is 52.7 Å². The van der Waals surface area contributed by atoms with Gasteiger partial charge in [0.25, 0.3) is 0 Å². The van der Waals surface area contributed by atoms with Crippen molar-refractivity contribution in [3.63, 3.8) is 0 Å². The lowest BCUT2D eigenvalue weighted by Gasteiger charge is -2.42. The van der Waals surface area contributed by atoms with E-state index in [0.717, 1.165) is 19.6 Å². The first-order chi connectivity index (χ1) is 7.84. The molecule has 4 nitrogen and oxygen atoms in total. The molecule has 2 N–H and O–H groups in total. The van der Waals surface area contributed by atoms with Crippen LogP contribution in [0.3, 0.4) is 0 Å². The van der Waals surface area contributed by atoms with Crippen LogP contribution in [0.25, 0.3) is 0 Å². The third-order valence-electron chi connectivity index (χ3n) is 3.68. The lowest BCUT2D eigenvalue weighted by Crippen LogP contribution is -2.59. The molecule has 1 unspecified atom stereocenters. The van der Waals surface area contributed by atoms with Crippen LogP contribution in [0.4, 0.5) is 0 Å². The van der Waals surface area contributed by atoms with Crippen LogP contribution in [0.2, 0.25) is 0 Å². The molecule has 4 heteroatoms. The summed E-state index contributed by atoms with van der Waals surface area (Å²) in [6.07, 6.45) is 0. The fourth-order valence-electron chi connectivity index (χ4n) is 2.26. The number of nitrogens with two attached hydrogens (primary N) is 1. The van der Waals surface area contributed by atoms with Gasteiger partial charge in [-0.3, -0.25) is 9.69 Å². The minimum Gasteiger partial charge on any atom is -0.336 e. The Kier molecular flexibility index (Phi) is 4.95. The molecule has 0 aromatic heterocycles. The number of carbonyl (C=O) groups excluding carboxylic acids is 1. The monoisotopic (exact) mass is 241 g/mol. The highest BCUT2D eigenvalue weighted by molar-refractivity contribution is 5.82. The van der Waals surface area contributed by atoms with Gasteiger partial charge in [-0.25, -0.2) is 0 Å². The standard InChI is InChI=1S/C13H27N3O/c1-9(2)12(14)13(17)16-7-6-15(10(3)4)8-11(16)5/h9-12H,6-8,14H2,1-5H3/t11?,12-/m0/s1. The Balaban J connectivity index is 2.60. The van der Waals surface area contributed by atoms with Gasteiger partial charge >= 0.3 is 0 Å². The summed E-state index contributed by atoms with van der Waals surface area (Å²) in [4.78, 5) is 16.6. The molecule has 17 heavy (non-hydrogen) atoms. The number of amides is 1. The lowest BCUT2D eigenvalue weighted by molar-refractivity contribution is -0.138. The molecule has 0 aromatic rings. The Morgan fingerprint density at radius 3 is 2.24 bits per heavy atom. The van der Waals surface area contributed by atoms with E-state index in [-0.39, 0.29) is 23.9 Å². The molecule has 0 aliphatic carbocycles. The van der Waals surface area contributed by atoms with Crippen molar-refractivity contribution >= 4 is 5.91 Å². The van der Waals surface area contributed by atoms with Gasteiger partial charge in [-0.2, -0.15) is 0 Å². The van der Waals surface area contributed by atoms with Gasteiger partial charge in [0.1, 0.15) is 0 Å². The highest BCUT2D eigenvalue weighted by atomic mass is 16.2. The van der Waals surface area contributed by atoms with Crippen LogP contribution in [-0.2, 0) is 4.79 Å². The van der Waals surface area contributed by atoms with Gasteiger partial charge in [0.05, 0.1) is 6.04 Å². The molecule has 1 aliphatic heterocycles. The van der Waals surface area contributed by atoms with Crippen LogP contribution in [0.1, 0.15) is 34.6 Å². The molecule has 100 valence electrons. The van der Waals surface area contributed by atoms with Crippen LogP contribution < -0.4 is 5.73 Å². The second kappa shape index (κ2) is 5.83. The fraction of sp³-hybridized carbons (Fsp3) is 0.923. The minimum absolute atomic E-state index is 0.107. The van der Waals surface area contributed by atoms with Crippen LogP contribution >= 0.6 is 0 Å². The summed E-state index contributed by atoms with van der Waals surface area (Å²) in [6.45, 7) is 13.2. The summed E-state index contributed by atoms with van der Waals surface area (Å²) in [5.41, 5.74) is 5.94. The third kappa shape index (κ3) is 3.42. The van der Waals surface area contributed by atoms with Crippen molar-refractivity contribution < 1.29 is 4.79 Å². The van der Waals surface area contributed by atoms with Gasteiger partial charge in [0.15, 0.2) is 0 Å². The molecule has 0 aromatic carbocycles. The molecule has 1 heterocycles. The van der Waals surface area contributed by atoms with E-state index >= 15 is 0 Å². The zero-order valence-corrected chi connectivity index (χ0v) is 11.8. The predicted molar refractivity (Wildman–Crippen MR) is 70.7 cm³/mol. The number of nitrogens with zero attached hydrogens (tertiary/aromatic N) is 2. The summed E-state index contributed by atoms with van der Waals surface area (Å²) in [7, 11) is 0. The van der Waals surface area contributed by atoms with Gasteiger partial charge in [-0.1, -0.05) is 13.8 Å². The zero-order valence-electron chi connectivity index (χ0n) is 11.8. The summed E-state index contributed by atoms with van der Waals surface area (Å²) in [5.74, 6) is 0.314. The Morgan fingerprint density at radius 2 is 1.82 bits per heavy atom. The molecule has 2 atom stereocenters. The number of piperazine rings is 1. The Hall–Kier alpha value is -0.610. The average molecular weight is 241 g/mol. The molecule has 1 rings (SSSR count). The van der Waals surface area contributed by atoms with Gasteiger partial charge in [0.2, 0.25) is 5.91 Å². The molecular formula is C13H27N3O. The topological polar surface area (TPSA) is 49.6 Å². The van der Waals surface area contributed by atoms with E-state index in [1.54, 1.807) is 0 Å². The first-order valence-electron chi connectivity index (χ1n) is 6.64. The molecular weight excluding hydrogens is 214 g/mol. The molecule has 0 bridgehead atoms. The number of carbonyl (C=O) groups is 1. The smallest absolute Gasteiger partial charge is 0.240 e. The van der Waals surface area contributed by atoms with Crippen molar-refractivity contribution in [3.05, 3.63) is 0 Å². The predicted octanol–water partition coefficient (Wildman–Crippen LogP) is 0.911. The fourth-order valence-corrected chi connectivity index (χ4v) is 2.26. The molecule has 1 aliphatic rings. The van der Waals surface area contributed by atoms with Crippen molar-refractivity contribution in [2.75, 3.05) is 19.6 Å². The van der Waals surface area contributed by atoms with E-state index in [1.807, 2.05) is 18.7 Å². The summed E-state index contributed by atoms with van der Waals surface area (Å²) in [5, 5.41) is 0. The Morgan fingerprint density at radius 1 is 1.24 bits per heavy atom. The maximum Gasteiger partial charge on any atom is 0.240 e. The van der Waals surface area contributed by atoms with Gasteiger partial charge in [0, 0.05) is 31.7 Å². The third-order valence-corrected chi connectivity index (χ3v) is 3.68. The SMILES string of the molecule is CC(C)[C@H](N)C(=O)N1CCN(C(C)C)CC1C. The van der Waals surface area contributed by atoms with Crippen LogP contribution in [0.15, 0.2) is 0 Å². The van der Waals surface area contributed by atoms with Gasteiger partial charge in [-0.15, -0.1) is 0 Å². The minimum atomic E-state index is -0.358. The second-order valence-corrected chi connectivity index (χ2v) is 5.74. The van der Waals surface area contributed by atoms with Crippen molar-refractivity contribution in [2.24, 2.45) is 11.7 Å². The van der Waals surface area contributed by atoms with E-state index in [0.29, 0.717) is 6.04 Å². The van der Waals surface area contributed by atoms with E-state index in [4.69, 9.17) is 5.73 Å².